The summed E-state index contributed by atoms with van der Waals surface area (Å²) in [6.45, 7) is 7.99. The third kappa shape index (κ3) is 5.73. The van der Waals surface area contributed by atoms with E-state index >= 15 is 0 Å². The summed E-state index contributed by atoms with van der Waals surface area (Å²) < 4.78 is 7.62. The van der Waals surface area contributed by atoms with Crippen molar-refractivity contribution in [3.8, 4) is 0 Å². The lowest BCUT2D eigenvalue weighted by Gasteiger charge is -2.09. The molecule has 0 spiro atoms. The molecular weight excluding hydrogens is 214 g/mol. The van der Waals surface area contributed by atoms with Gasteiger partial charge in [-0.15, -0.1) is 0 Å². The van der Waals surface area contributed by atoms with Crippen molar-refractivity contribution in [2.45, 2.75) is 46.1 Å². The first-order valence-electron chi connectivity index (χ1n) is 6.71. The van der Waals surface area contributed by atoms with Crippen molar-refractivity contribution in [3.05, 3.63) is 12.4 Å². The topological polar surface area (TPSA) is 39.1 Å². The minimum Gasteiger partial charge on any atom is -0.381 e. The highest BCUT2D eigenvalue weighted by Crippen LogP contribution is 2.05. The zero-order valence-electron chi connectivity index (χ0n) is 11.1. The van der Waals surface area contributed by atoms with Gasteiger partial charge in [-0.1, -0.05) is 20.3 Å². The third-order valence-electron chi connectivity index (χ3n) is 2.57. The number of hydrogen-bond donors (Lipinski definition) is 1. The van der Waals surface area contributed by atoms with E-state index in [-0.39, 0.29) is 0 Å². The Morgan fingerprint density at radius 2 is 2.12 bits per heavy atom. The monoisotopic (exact) mass is 239 g/mol. The van der Waals surface area contributed by atoms with Gasteiger partial charge in [-0.2, -0.15) is 0 Å². The molecule has 0 saturated carbocycles. The molecule has 0 fully saturated rings. The van der Waals surface area contributed by atoms with Gasteiger partial charge in [-0.25, -0.2) is 4.98 Å². The number of rotatable bonds is 10. The Balaban J connectivity index is 2.20. The zero-order chi connectivity index (χ0) is 12.3. The summed E-state index contributed by atoms with van der Waals surface area (Å²) in [5.41, 5.74) is 0. The van der Waals surface area contributed by atoms with E-state index in [9.17, 15) is 0 Å². The van der Waals surface area contributed by atoms with Gasteiger partial charge in [-0.3, -0.25) is 0 Å². The van der Waals surface area contributed by atoms with Crippen LogP contribution in [0.1, 0.15) is 39.5 Å². The number of aromatic nitrogens is 2. The second-order valence-corrected chi connectivity index (χ2v) is 4.19. The highest BCUT2D eigenvalue weighted by Gasteiger charge is 2.00. The van der Waals surface area contributed by atoms with Gasteiger partial charge in [0.1, 0.15) is 0 Å². The molecule has 0 aromatic carbocycles. The van der Waals surface area contributed by atoms with Gasteiger partial charge in [0.15, 0.2) is 0 Å². The molecule has 0 bridgehead atoms. The number of unbranched alkanes of at least 4 members (excludes halogenated alkanes) is 1. The Morgan fingerprint density at radius 1 is 1.24 bits per heavy atom. The molecule has 1 aromatic heterocycles. The van der Waals surface area contributed by atoms with Gasteiger partial charge < -0.3 is 14.6 Å². The summed E-state index contributed by atoms with van der Waals surface area (Å²) in [7, 11) is 0. The first-order valence-corrected chi connectivity index (χ1v) is 6.71. The average Bonchev–Trinajstić information content (AvgIpc) is 2.77. The molecule has 0 aliphatic carbocycles. The number of anilines is 1. The van der Waals surface area contributed by atoms with Crippen LogP contribution in [0.25, 0.3) is 0 Å². The number of hydrogen-bond acceptors (Lipinski definition) is 3. The summed E-state index contributed by atoms with van der Waals surface area (Å²) in [6, 6.07) is 0. The highest BCUT2D eigenvalue weighted by molar-refractivity contribution is 5.25. The molecule has 4 nitrogen and oxygen atoms in total. The van der Waals surface area contributed by atoms with Crippen molar-refractivity contribution < 1.29 is 4.74 Å². The van der Waals surface area contributed by atoms with Crippen molar-refractivity contribution in [3.63, 3.8) is 0 Å². The Morgan fingerprint density at radius 3 is 2.88 bits per heavy atom. The number of aryl methyl sites for hydroxylation is 1. The van der Waals surface area contributed by atoms with Crippen LogP contribution < -0.4 is 5.32 Å². The van der Waals surface area contributed by atoms with E-state index < -0.39 is 0 Å². The second-order valence-electron chi connectivity index (χ2n) is 4.19. The molecule has 17 heavy (non-hydrogen) atoms. The molecule has 1 rings (SSSR count). The molecule has 0 saturated heterocycles. The lowest BCUT2D eigenvalue weighted by atomic mass is 10.3. The van der Waals surface area contributed by atoms with Crippen molar-refractivity contribution in [1.82, 2.24) is 9.55 Å². The molecule has 1 heterocycles. The van der Waals surface area contributed by atoms with Crippen LogP contribution in [-0.2, 0) is 11.3 Å². The number of nitrogens with one attached hydrogen (secondary N) is 1. The molecular formula is C13H25N3O. The molecule has 1 aromatic rings. The highest BCUT2D eigenvalue weighted by atomic mass is 16.5. The van der Waals surface area contributed by atoms with Crippen molar-refractivity contribution in [1.29, 1.82) is 0 Å². The lowest BCUT2D eigenvalue weighted by Crippen LogP contribution is -2.10. The average molecular weight is 239 g/mol. The normalized spacial score (nSPS) is 10.7. The van der Waals surface area contributed by atoms with Gasteiger partial charge in [-0.05, 0) is 19.3 Å². The summed E-state index contributed by atoms with van der Waals surface area (Å²) in [5, 5.41) is 3.36. The Bertz CT molecular complexity index is 286. The van der Waals surface area contributed by atoms with Crippen LogP contribution in [0.4, 0.5) is 5.95 Å². The Kier molecular flexibility index (Phi) is 7.47. The third-order valence-corrected chi connectivity index (χ3v) is 2.57. The van der Waals surface area contributed by atoms with Crippen LogP contribution in [0.15, 0.2) is 12.4 Å². The summed E-state index contributed by atoms with van der Waals surface area (Å²) in [4.78, 5) is 4.31. The van der Waals surface area contributed by atoms with Crippen molar-refractivity contribution in [2.24, 2.45) is 0 Å². The standard InChI is InChI=1S/C13H25N3O/c1-3-5-7-14-13-15-8-10-16(13)9-6-12-17-11-4-2/h8,10H,3-7,9,11-12H2,1-2H3,(H,14,15). The first-order chi connectivity index (χ1) is 8.38. The van der Waals surface area contributed by atoms with E-state index in [0.717, 1.165) is 45.1 Å². The fraction of sp³-hybridized carbons (Fsp3) is 0.769. The largest absolute Gasteiger partial charge is 0.381 e. The fourth-order valence-electron chi connectivity index (χ4n) is 1.62. The summed E-state index contributed by atoms with van der Waals surface area (Å²) in [6.07, 6.45) is 8.40. The predicted molar refractivity (Wildman–Crippen MR) is 71.4 cm³/mol. The molecule has 0 aliphatic heterocycles. The van der Waals surface area contributed by atoms with Crippen LogP contribution in [0.5, 0.6) is 0 Å². The second kappa shape index (κ2) is 9.05. The van der Waals surface area contributed by atoms with Crippen LogP contribution in [0.2, 0.25) is 0 Å². The lowest BCUT2D eigenvalue weighted by molar-refractivity contribution is 0.129. The predicted octanol–water partition coefficient (Wildman–Crippen LogP) is 2.91. The van der Waals surface area contributed by atoms with E-state index in [1.165, 1.54) is 12.8 Å². The van der Waals surface area contributed by atoms with Gasteiger partial charge in [0.25, 0.3) is 0 Å². The summed E-state index contributed by atoms with van der Waals surface area (Å²) in [5.74, 6) is 0.981. The van der Waals surface area contributed by atoms with Crippen molar-refractivity contribution >= 4 is 5.95 Å². The SMILES string of the molecule is CCCCNc1nccn1CCCOCCC. The zero-order valence-corrected chi connectivity index (χ0v) is 11.1. The van der Waals surface area contributed by atoms with Crippen molar-refractivity contribution in [2.75, 3.05) is 25.1 Å². The maximum absolute atomic E-state index is 5.47. The smallest absolute Gasteiger partial charge is 0.202 e. The van der Waals surface area contributed by atoms with Gasteiger partial charge in [0, 0.05) is 38.7 Å². The summed E-state index contributed by atoms with van der Waals surface area (Å²) >= 11 is 0. The Labute approximate surface area is 104 Å². The van der Waals surface area contributed by atoms with Crippen LogP contribution >= 0.6 is 0 Å². The molecule has 0 aliphatic rings. The van der Waals surface area contributed by atoms with Gasteiger partial charge in [0.2, 0.25) is 5.95 Å². The maximum Gasteiger partial charge on any atom is 0.202 e. The number of imidazole rings is 1. The van der Waals surface area contributed by atoms with Crippen LogP contribution in [0, 0.1) is 0 Å². The molecule has 0 amide bonds. The molecule has 0 radical (unpaired) electrons. The fourth-order valence-corrected chi connectivity index (χ4v) is 1.62. The first kappa shape index (κ1) is 14.0. The number of nitrogens with zero attached hydrogens (tertiary/aromatic N) is 2. The number of ether oxygens (including phenoxy) is 1. The maximum atomic E-state index is 5.47. The van der Waals surface area contributed by atoms with E-state index in [2.05, 4.69) is 28.7 Å². The van der Waals surface area contributed by atoms with Crippen LogP contribution in [-0.4, -0.2) is 29.3 Å². The van der Waals surface area contributed by atoms with E-state index in [0.29, 0.717) is 0 Å². The minimum absolute atomic E-state index is 0.834. The van der Waals surface area contributed by atoms with E-state index in [1.54, 1.807) is 0 Å². The molecule has 0 atom stereocenters. The molecule has 1 N–H and O–H groups in total. The minimum atomic E-state index is 0.834. The molecule has 0 unspecified atom stereocenters. The van der Waals surface area contributed by atoms with Crippen LogP contribution in [0.3, 0.4) is 0 Å². The van der Waals surface area contributed by atoms with Gasteiger partial charge >= 0.3 is 0 Å². The quantitative estimate of drug-likeness (QED) is 0.638. The van der Waals surface area contributed by atoms with E-state index in [4.69, 9.17) is 4.74 Å². The Hall–Kier alpha value is -1.03. The van der Waals surface area contributed by atoms with Gasteiger partial charge in [0.05, 0.1) is 0 Å². The molecule has 98 valence electrons. The van der Waals surface area contributed by atoms with E-state index in [1.807, 2.05) is 12.4 Å². The molecule has 4 heteroatoms.